The second-order valence-electron chi connectivity index (χ2n) is 4.02. The molecule has 0 radical (unpaired) electrons. The van der Waals surface area contributed by atoms with Crippen LogP contribution in [0.25, 0.3) is 0 Å². The first-order chi connectivity index (χ1) is 9.31. The number of aromatic nitrogens is 2. The lowest BCUT2D eigenvalue weighted by molar-refractivity contribution is 0.155. The Bertz CT molecular complexity index is 496. The molecule has 0 aliphatic heterocycles. The molecule has 0 bridgehead atoms. The molecule has 0 unspecified atom stereocenters. The fraction of sp³-hybridized carbons (Fsp3) is 0.385. The third kappa shape index (κ3) is 4.04. The van der Waals surface area contributed by atoms with Gasteiger partial charge in [-0.05, 0) is 19.2 Å². The molecule has 0 aliphatic rings. The van der Waals surface area contributed by atoms with Gasteiger partial charge in [0.25, 0.3) is 0 Å². The third-order valence-electron chi connectivity index (χ3n) is 2.44. The van der Waals surface area contributed by atoms with Crippen LogP contribution in [0.5, 0.6) is 5.75 Å². The Hall–Kier alpha value is -1.92. The van der Waals surface area contributed by atoms with Crippen LogP contribution >= 0.6 is 0 Å². The zero-order chi connectivity index (χ0) is 13.5. The van der Waals surface area contributed by atoms with Crippen molar-refractivity contribution in [3.8, 4) is 5.75 Å². The first-order valence-electron chi connectivity index (χ1n) is 5.97. The molecule has 0 atom stereocenters. The summed E-state index contributed by atoms with van der Waals surface area (Å²) < 4.78 is 15.6. The van der Waals surface area contributed by atoms with Gasteiger partial charge in [-0.2, -0.15) is 0 Å². The van der Waals surface area contributed by atoms with Crippen LogP contribution in [-0.2, 0) is 24.5 Å². The quantitative estimate of drug-likeness (QED) is 0.816. The Labute approximate surface area is 111 Å². The highest BCUT2D eigenvalue weighted by atomic mass is 16.5. The smallest absolute Gasteiger partial charge is 0.162 e. The minimum absolute atomic E-state index is 0.347. The van der Waals surface area contributed by atoms with E-state index in [-0.39, 0.29) is 0 Å². The van der Waals surface area contributed by atoms with Gasteiger partial charge in [-0.1, -0.05) is 5.16 Å². The van der Waals surface area contributed by atoms with Crippen LogP contribution in [0.1, 0.15) is 17.1 Å². The van der Waals surface area contributed by atoms with Crippen LogP contribution in [0.2, 0.25) is 0 Å². The Morgan fingerprint density at radius 1 is 1.26 bits per heavy atom. The number of methoxy groups -OCH3 is 1. The van der Waals surface area contributed by atoms with Crippen LogP contribution in [0, 0.1) is 0 Å². The molecule has 2 rings (SSSR count). The van der Waals surface area contributed by atoms with E-state index >= 15 is 0 Å². The molecular formula is C13H17N3O3. The van der Waals surface area contributed by atoms with Gasteiger partial charge in [-0.3, -0.25) is 4.98 Å². The number of pyridine rings is 1. The Morgan fingerprint density at radius 3 is 2.84 bits per heavy atom. The van der Waals surface area contributed by atoms with Crippen LogP contribution in [0.4, 0.5) is 0 Å². The second-order valence-corrected chi connectivity index (χ2v) is 4.02. The largest absolute Gasteiger partial charge is 0.486 e. The van der Waals surface area contributed by atoms with Gasteiger partial charge in [0.15, 0.2) is 5.76 Å². The Balaban J connectivity index is 1.86. The Morgan fingerprint density at radius 2 is 2.16 bits per heavy atom. The van der Waals surface area contributed by atoms with Crippen molar-refractivity contribution in [2.24, 2.45) is 0 Å². The summed E-state index contributed by atoms with van der Waals surface area (Å²) in [5, 5.41) is 6.92. The summed E-state index contributed by atoms with van der Waals surface area (Å²) >= 11 is 0. The van der Waals surface area contributed by atoms with Crippen molar-refractivity contribution in [3.63, 3.8) is 0 Å². The number of rotatable bonds is 7. The van der Waals surface area contributed by atoms with Gasteiger partial charge in [0.1, 0.15) is 24.7 Å². The maximum absolute atomic E-state index is 5.57. The van der Waals surface area contributed by atoms with Gasteiger partial charge in [0, 0.05) is 19.7 Å². The molecule has 19 heavy (non-hydrogen) atoms. The molecule has 0 aliphatic carbocycles. The van der Waals surface area contributed by atoms with E-state index in [2.05, 4.69) is 15.5 Å². The summed E-state index contributed by atoms with van der Waals surface area (Å²) in [7, 11) is 3.49. The molecule has 0 spiro atoms. The molecule has 0 amide bonds. The number of hydrogen-bond donors (Lipinski definition) is 1. The average molecular weight is 263 g/mol. The molecule has 2 aromatic rings. The van der Waals surface area contributed by atoms with Crippen molar-refractivity contribution in [2.45, 2.75) is 19.8 Å². The Kier molecular flexibility index (Phi) is 4.88. The highest BCUT2D eigenvalue weighted by Crippen LogP contribution is 2.12. The van der Waals surface area contributed by atoms with E-state index in [0.717, 1.165) is 17.9 Å². The SMILES string of the molecule is CNCc1ccc(OCc2cc(COC)on2)cn1. The summed E-state index contributed by atoms with van der Waals surface area (Å²) in [6, 6.07) is 5.62. The van der Waals surface area contributed by atoms with Crippen molar-refractivity contribution in [2.75, 3.05) is 14.2 Å². The topological polar surface area (TPSA) is 69.4 Å². The maximum atomic E-state index is 5.57. The number of nitrogens with one attached hydrogen (secondary N) is 1. The first-order valence-corrected chi connectivity index (χ1v) is 5.97. The molecule has 0 saturated carbocycles. The molecule has 0 aromatic carbocycles. The lowest BCUT2D eigenvalue weighted by Crippen LogP contribution is -2.06. The van der Waals surface area contributed by atoms with Crippen molar-refractivity contribution >= 4 is 0 Å². The normalized spacial score (nSPS) is 10.6. The predicted molar refractivity (Wildman–Crippen MR) is 68.5 cm³/mol. The number of nitrogens with zero attached hydrogens (tertiary/aromatic N) is 2. The zero-order valence-corrected chi connectivity index (χ0v) is 11.0. The highest BCUT2D eigenvalue weighted by Gasteiger charge is 2.05. The molecule has 0 saturated heterocycles. The van der Waals surface area contributed by atoms with Gasteiger partial charge in [-0.15, -0.1) is 0 Å². The number of ether oxygens (including phenoxy) is 2. The predicted octanol–water partition coefficient (Wildman–Crippen LogP) is 1.51. The molecule has 2 aromatic heterocycles. The molecule has 102 valence electrons. The van der Waals surface area contributed by atoms with Crippen LogP contribution in [0.15, 0.2) is 28.9 Å². The summed E-state index contributed by atoms with van der Waals surface area (Å²) in [4.78, 5) is 4.26. The first kappa shape index (κ1) is 13.5. The molecule has 6 nitrogen and oxygen atoms in total. The summed E-state index contributed by atoms with van der Waals surface area (Å²) in [6.45, 7) is 1.50. The molecule has 0 fully saturated rings. The van der Waals surface area contributed by atoms with Crippen LogP contribution in [0.3, 0.4) is 0 Å². The summed E-state index contributed by atoms with van der Waals surface area (Å²) in [5.74, 6) is 1.39. The van der Waals surface area contributed by atoms with Gasteiger partial charge in [-0.25, -0.2) is 0 Å². The molecular weight excluding hydrogens is 246 g/mol. The third-order valence-corrected chi connectivity index (χ3v) is 2.44. The summed E-state index contributed by atoms with van der Waals surface area (Å²) in [5.41, 5.74) is 1.70. The minimum atomic E-state index is 0.347. The standard InChI is InChI=1S/C13H17N3O3/c1-14-6-10-3-4-12(7-15-10)18-8-11-5-13(9-17-2)19-16-11/h3-5,7,14H,6,8-9H2,1-2H3. The fourth-order valence-electron chi connectivity index (χ4n) is 1.57. The lowest BCUT2D eigenvalue weighted by Gasteiger charge is -2.04. The van der Waals surface area contributed by atoms with E-state index in [0.29, 0.717) is 24.7 Å². The van der Waals surface area contributed by atoms with Gasteiger partial charge in [0.05, 0.1) is 11.9 Å². The van der Waals surface area contributed by atoms with Crippen molar-refractivity contribution in [1.82, 2.24) is 15.5 Å². The number of hydrogen-bond acceptors (Lipinski definition) is 6. The van der Waals surface area contributed by atoms with E-state index in [9.17, 15) is 0 Å². The monoisotopic (exact) mass is 263 g/mol. The lowest BCUT2D eigenvalue weighted by atomic mass is 10.3. The fourth-order valence-corrected chi connectivity index (χ4v) is 1.57. The van der Waals surface area contributed by atoms with Crippen LogP contribution in [-0.4, -0.2) is 24.3 Å². The van der Waals surface area contributed by atoms with Crippen molar-refractivity contribution in [1.29, 1.82) is 0 Å². The minimum Gasteiger partial charge on any atom is -0.486 e. The van der Waals surface area contributed by atoms with Crippen LogP contribution < -0.4 is 10.1 Å². The van der Waals surface area contributed by atoms with Gasteiger partial charge in [0.2, 0.25) is 0 Å². The highest BCUT2D eigenvalue weighted by molar-refractivity contribution is 5.20. The summed E-state index contributed by atoms with van der Waals surface area (Å²) in [6.07, 6.45) is 1.70. The van der Waals surface area contributed by atoms with E-state index in [4.69, 9.17) is 14.0 Å². The van der Waals surface area contributed by atoms with E-state index in [1.165, 1.54) is 0 Å². The van der Waals surface area contributed by atoms with Crippen molar-refractivity contribution in [3.05, 3.63) is 41.5 Å². The zero-order valence-electron chi connectivity index (χ0n) is 11.0. The molecule has 6 heteroatoms. The maximum Gasteiger partial charge on any atom is 0.162 e. The van der Waals surface area contributed by atoms with Gasteiger partial charge >= 0.3 is 0 Å². The average Bonchev–Trinajstić information content (AvgIpc) is 2.87. The van der Waals surface area contributed by atoms with Crippen molar-refractivity contribution < 1.29 is 14.0 Å². The van der Waals surface area contributed by atoms with E-state index < -0.39 is 0 Å². The molecule has 2 heterocycles. The van der Waals surface area contributed by atoms with E-state index in [1.54, 1.807) is 13.3 Å². The second kappa shape index (κ2) is 6.86. The van der Waals surface area contributed by atoms with E-state index in [1.807, 2.05) is 25.2 Å². The molecule has 1 N–H and O–H groups in total. The van der Waals surface area contributed by atoms with Gasteiger partial charge < -0.3 is 19.3 Å².